The van der Waals surface area contributed by atoms with Crippen molar-refractivity contribution in [3.05, 3.63) is 75.6 Å². The molecule has 0 atom stereocenters. The quantitative estimate of drug-likeness (QED) is 0.428. The molecule has 0 aliphatic carbocycles. The molecule has 0 spiro atoms. The molecule has 0 unspecified atom stereocenters. The molecule has 1 N–H and O–H groups in total. The molecular weight excluding hydrogens is 412 g/mol. The Labute approximate surface area is 184 Å². The molecule has 0 radical (unpaired) electrons. The molecule has 0 aliphatic heterocycles. The number of nitrogens with one attached hydrogen (secondary N) is 1. The molecule has 0 saturated carbocycles. The van der Waals surface area contributed by atoms with E-state index in [0.29, 0.717) is 12.4 Å². The van der Waals surface area contributed by atoms with Crippen LogP contribution in [0, 0.1) is 0 Å². The van der Waals surface area contributed by atoms with Crippen LogP contribution >= 0.6 is 22.7 Å². The Hall–Kier alpha value is -2.77. The van der Waals surface area contributed by atoms with Crippen LogP contribution < -0.4 is 5.32 Å². The van der Waals surface area contributed by atoms with Crippen LogP contribution in [0.25, 0.3) is 10.6 Å². The van der Waals surface area contributed by atoms with Crippen molar-refractivity contribution in [1.82, 2.24) is 14.8 Å². The number of carbonyl (C=O) groups excluding carboxylic acids is 1. The van der Waals surface area contributed by atoms with E-state index in [-0.39, 0.29) is 17.7 Å². The molecule has 0 bridgehead atoms. The number of amides is 1. The van der Waals surface area contributed by atoms with Gasteiger partial charge >= 0.3 is 0 Å². The fourth-order valence-electron chi connectivity index (χ4n) is 3.11. The summed E-state index contributed by atoms with van der Waals surface area (Å²) in [5, 5.41) is 14.3. The Kier molecular flexibility index (Phi) is 5.83. The maximum absolute atomic E-state index is 12.5. The summed E-state index contributed by atoms with van der Waals surface area (Å²) in [4.78, 5) is 17.1. The Bertz CT molecular complexity index is 1120. The van der Waals surface area contributed by atoms with Gasteiger partial charge in [-0.25, -0.2) is 9.67 Å². The van der Waals surface area contributed by atoms with Gasteiger partial charge in [-0.15, -0.1) is 11.3 Å². The minimum Gasteiger partial charge on any atom is -0.311 e. The lowest BCUT2D eigenvalue weighted by Gasteiger charge is -2.19. The fourth-order valence-corrected chi connectivity index (χ4v) is 4.64. The maximum Gasteiger partial charge on any atom is 0.231 e. The lowest BCUT2D eigenvalue weighted by Crippen LogP contribution is -2.18. The number of anilines is 1. The van der Waals surface area contributed by atoms with E-state index in [2.05, 4.69) is 65.8 Å². The van der Waals surface area contributed by atoms with Gasteiger partial charge in [-0.3, -0.25) is 4.79 Å². The van der Waals surface area contributed by atoms with E-state index in [9.17, 15) is 4.79 Å². The number of thiophene rings is 1. The zero-order chi connectivity index (χ0) is 21.1. The number of hydrogen-bond donors (Lipinski definition) is 1. The minimum absolute atomic E-state index is 0.0954. The number of carbonyl (C=O) groups is 1. The third kappa shape index (κ3) is 4.86. The molecule has 0 fully saturated rings. The number of benzene rings is 1. The normalized spacial score (nSPS) is 11.6. The average molecular weight is 437 g/mol. The Morgan fingerprint density at radius 2 is 1.90 bits per heavy atom. The van der Waals surface area contributed by atoms with Crippen LogP contribution in [0.2, 0.25) is 0 Å². The van der Waals surface area contributed by atoms with E-state index >= 15 is 0 Å². The first-order valence-electron chi connectivity index (χ1n) is 9.76. The van der Waals surface area contributed by atoms with Crippen LogP contribution in [-0.4, -0.2) is 20.7 Å². The molecule has 3 aromatic heterocycles. The second-order valence-corrected chi connectivity index (χ2v) is 9.84. The maximum atomic E-state index is 12.5. The van der Waals surface area contributed by atoms with Crippen molar-refractivity contribution in [2.75, 3.05) is 5.32 Å². The molecule has 1 amide bonds. The number of thiazole rings is 1. The summed E-state index contributed by atoms with van der Waals surface area (Å²) >= 11 is 3.20. The SMILES string of the molecule is CC(C)(C)c1ccc(Cn2nccc2NC(=O)Cc2csc(-c3ccsc3)n2)cc1. The van der Waals surface area contributed by atoms with Crippen molar-refractivity contribution in [3.8, 4) is 10.6 Å². The van der Waals surface area contributed by atoms with Crippen molar-refractivity contribution >= 4 is 34.4 Å². The molecule has 5 nitrogen and oxygen atoms in total. The summed E-state index contributed by atoms with van der Waals surface area (Å²) in [6, 6.07) is 12.4. The van der Waals surface area contributed by atoms with E-state index in [0.717, 1.165) is 21.8 Å². The van der Waals surface area contributed by atoms with Gasteiger partial charge in [-0.2, -0.15) is 16.4 Å². The van der Waals surface area contributed by atoms with Gasteiger partial charge < -0.3 is 5.32 Å². The highest BCUT2D eigenvalue weighted by atomic mass is 32.1. The van der Waals surface area contributed by atoms with Crippen molar-refractivity contribution in [2.45, 2.75) is 39.2 Å². The van der Waals surface area contributed by atoms with Crippen molar-refractivity contribution in [2.24, 2.45) is 0 Å². The predicted molar refractivity (Wildman–Crippen MR) is 124 cm³/mol. The van der Waals surface area contributed by atoms with Crippen LogP contribution in [0.5, 0.6) is 0 Å². The lowest BCUT2D eigenvalue weighted by molar-refractivity contribution is -0.115. The van der Waals surface area contributed by atoms with Crippen LogP contribution in [0.3, 0.4) is 0 Å². The van der Waals surface area contributed by atoms with Crippen LogP contribution in [0.4, 0.5) is 5.82 Å². The van der Waals surface area contributed by atoms with E-state index in [1.165, 1.54) is 5.56 Å². The van der Waals surface area contributed by atoms with E-state index in [4.69, 9.17) is 0 Å². The summed E-state index contributed by atoms with van der Waals surface area (Å²) in [6.45, 7) is 7.21. The van der Waals surface area contributed by atoms with Crippen LogP contribution in [-0.2, 0) is 23.2 Å². The number of aromatic nitrogens is 3. The third-order valence-corrected chi connectivity index (χ3v) is 6.42. The zero-order valence-corrected chi connectivity index (χ0v) is 18.9. The van der Waals surface area contributed by atoms with Gasteiger partial charge in [0, 0.05) is 22.4 Å². The second-order valence-electron chi connectivity index (χ2n) is 8.20. The summed E-state index contributed by atoms with van der Waals surface area (Å²) in [5.41, 5.74) is 4.45. The molecule has 4 aromatic rings. The first-order chi connectivity index (χ1) is 14.4. The van der Waals surface area contributed by atoms with Crippen molar-refractivity contribution in [1.29, 1.82) is 0 Å². The average Bonchev–Trinajstić information content (AvgIpc) is 3.44. The summed E-state index contributed by atoms with van der Waals surface area (Å²) in [7, 11) is 0. The molecule has 1 aromatic carbocycles. The lowest BCUT2D eigenvalue weighted by atomic mass is 9.87. The highest BCUT2D eigenvalue weighted by molar-refractivity contribution is 7.14. The van der Waals surface area contributed by atoms with E-state index < -0.39 is 0 Å². The second kappa shape index (κ2) is 8.53. The molecule has 0 aliphatic rings. The number of nitrogens with zero attached hydrogens (tertiary/aromatic N) is 3. The predicted octanol–water partition coefficient (Wildman–Crippen LogP) is 5.60. The molecule has 4 rings (SSSR count). The van der Waals surface area contributed by atoms with E-state index in [1.807, 2.05) is 27.6 Å². The standard InChI is InChI=1S/C23H24N4OS2/c1-23(2,3)18-6-4-16(5-7-18)13-27-20(8-10-24-27)26-21(28)12-19-15-30-22(25-19)17-9-11-29-14-17/h4-11,14-15H,12-13H2,1-3H3,(H,26,28). The molecule has 0 saturated heterocycles. The number of hydrogen-bond acceptors (Lipinski definition) is 5. The Balaban J connectivity index is 1.39. The molecule has 3 heterocycles. The molecule has 7 heteroatoms. The van der Waals surface area contributed by atoms with Gasteiger partial charge in [-0.05, 0) is 28.0 Å². The van der Waals surface area contributed by atoms with Gasteiger partial charge in [0.15, 0.2) is 0 Å². The van der Waals surface area contributed by atoms with E-state index in [1.54, 1.807) is 28.9 Å². The summed E-state index contributed by atoms with van der Waals surface area (Å²) in [5.74, 6) is 0.593. The largest absolute Gasteiger partial charge is 0.311 e. The first kappa shape index (κ1) is 20.5. The van der Waals surface area contributed by atoms with Gasteiger partial charge in [0.05, 0.1) is 24.9 Å². The molecule has 30 heavy (non-hydrogen) atoms. The van der Waals surface area contributed by atoms with Gasteiger partial charge in [0.2, 0.25) is 5.91 Å². The highest BCUT2D eigenvalue weighted by Crippen LogP contribution is 2.26. The van der Waals surface area contributed by atoms with Gasteiger partial charge in [0.1, 0.15) is 10.8 Å². The Morgan fingerprint density at radius 1 is 1.10 bits per heavy atom. The smallest absolute Gasteiger partial charge is 0.231 e. The van der Waals surface area contributed by atoms with Crippen molar-refractivity contribution in [3.63, 3.8) is 0 Å². The zero-order valence-electron chi connectivity index (χ0n) is 17.3. The monoisotopic (exact) mass is 436 g/mol. The van der Waals surface area contributed by atoms with Gasteiger partial charge in [-0.1, -0.05) is 45.0 Å². The Morgan fingerprint density at radius 3 is 2.60 bits per heavy atom. The van der Waals surface area contributed by atoms with Gasteiger partial charge in [0.25, 0.3) is 0 Å². The fraction of sp³-hybridized carbons (Fsp3) is 0.261. The first-order valence-corrected chi connectivity index (χ1v) is 11.6. The molecular formula is C23H24N4OS2. The summed E-state index contributed by atoms with van der Waals surface area (Å²) in [6.07, 6.45) is 1.95. The van der Waals surface area contributed by atoms with Crippen LogP contribution in [0.15, 0.2) is 58.7 Å². The van der Waals surface area contributed by atoms with Crippen molar-refractivity contribution < 1.29 is 4.79 Å². The summed E-state index contributed by atoms with van der Waals surface area (Å²) < 4.78 is 1.81. The third-order valence-electron chi connectivity index (χ3n) is 4.80. The molecule has 154 valence electrons. The topological polar surface area (TPSA) is 59.8 Å². The van der Waals surface area contributed by atoms with Crippen LogP contribution in [0.1, 0.15) is 37.6 Å². The minimum atomic E-state index is -0.0954. The highest BCUT2D eigenvalue weighted by Gasteiger charge is 2.14. The number of rotatable bonds is 6.